The first-order chi connectivity index (χ1) is 9.08. The van der Waals surface area contributed by atoms with Gasteiger partial charge in [0.2, 0.25) is 0 Å². The SMILES string of the molecule is OC(c1ccc(OC(F)F)cc1)c1ccncc1F. The van der Waals surface area contributed by atoms with Gasteiger partial charge in [0, 0.05) is 11.8 Å². The number of hydrogen-bond donors (Lipinski definition) is 1. The van der Waals surface area contributed by atoms with Crippen molar-refractivity contribution in [1.82, 2.24) is 4.98 Å². The molecule has 1 unspecified atom stereocenters. The fourth-order valence-corrected chi connectivity index (χ4v) is 1.62. The van der Waals surface area contributed by atoms with Gasteiger partial charge in [-0.3, -0.25) is 4.98 Å². The Kier molecular flexibility index (Phi) is 4.01. The summed E-state index contributed by atoms with van der Waals surface area (Å²) < 4.78 is 41.5. The van der Waals surface area contributed by atoms with E-state index in [9.17, 15) is 18.3 Å². The van der Waals surface area contributed by atoms with E-state index < -0.39 is 18.5 Å². The molecular weight excluding hydrogens is 259 g/mol. The van der Waals surface area contributed by atoms with Gasteiger partial charge in [-0.05, 0) is 23.8 Å². The third-order valence-corrected chi connectivity index (χ3v) is 2.52. The maximum Gasteiger partial charge on any atom is 0.387 e. The lowest BCUT2D eigenvalue weighted by Gasteiger charge is -2.12. The molecule has 6 heteroatoms. The molecule has 1 aromatic carbocycles. The Morgan fingerprint density at radius 1 is 1.11 bits per heavy atom. The van der Waals surface area contributed by atoms with Crippen LogP contribution in [0.5, 0.6) is 5.75 Å². The van der Waals surface area contributed by atoms with Crippen molar-refractivity contribution in [3.8, 4) is 5.75 Å². The quantitative estimate of drug-likeness (QED) is 0.928. The van der Waals surface area contributed by atoms with Gasteiger partial charge >= 0.3 is 6.61 Å². The zero-order valence-corrected chi connectivity index (χ0v) is 9.63. The highest BCUT2D eigenvalue weighted by atomic mass is 19.3. The van der Waals surface area contributed by atoms with Crippen molar-refractivity contribution in [3.63, 3.8) is 0 Å². The maximum atomic E-state index is 13.4. The van der Waals surface area contributed by atoms with Crippen LogP contribution in [-0.4, -0.2) is 16.7 Å². The summed E-state index contributed by atoms with van der Waals surface area (Å²) in [5.41, 5.74) is 0.434. The lowest BCUT2D eigenvalue weighted by molar-refractivity contribution is -0.0498. The summed E-state index contributed by atoms with van der Waals surface area (Å²) in [4.78, 5) is 3.58. The van der Waals surface area contributed by atoms with Crippen molar-refractivity contribution >= 4 is 0 Å². The monoisotopic (exact) mass is 269 g/mol. The van der Waals surface area contributed by atoms with Crippen molar-refractivity contribution in [1.29, 1.82) is 0 Å². The third kappa shape index (κ3) is 3.23. The molecule has 1 aromatic heterocycles. The molecule has 0 amide bonds. The van der Waals surface area contributed by atoms with E-state index in [4.69, 9.17) is 0 Å². The second-order valence-electron chi connectivity index (χ2n) is 3.75. The van der Waals surface area contributed by atoms with Gasteiger partial charge in [-0.2, -0.15) is 8.78 Å². The van der Waals surface area contributed by atoms with E-state index in [1.165, 1.54) is 36.5 Å². The molecule has 3 nitrogen and oxygen atoms in total. The molecule has 0 radical (unpaired) electrons. The van der Waals surface area contributed by atoms with Crippen molar-refractivity contribution < 1.29 is 23.0 Å². The largest absolute Gasteiger partial charge is 0.435 e. The number of ether oxygens (including phenoxy) is 1. The highest BCUT2D eigenvalue weighted by Gasteiger charge is 2.15. The average molecular weight is 269 g/mol. The van der Waals surface area contributed by atoms with Crippen LogP contribution in [0, 0.1) is 5.82 Å². The second kappa shape index (κ2) is 5.71. The highest BCUT2D eigenvalue weighted by Crippen LogP contribution is 2.25. The summed E-state index contributed by atoms with van der Waals surface area (Å²) in [6.07, 6.45) is 1.16. The first-order valence-corrected chi connectivity index (χ1v) is 5.40. The van der Waals surface area contributed by atoms with E-state index in [2.05, 4.69) is 9.72 Å². The second-order valence-corrected chi connectivity index (χ2v) is 3.75. The van der Waals surface area contributed by atoms with Crippen LogP contribution >= 0.6 is 0 Å². The van der Waals surface area contributed by atoms with Gasteiger partial charge in [-0.1, -0.05) is 12.1 Å². The Balaban J connectivity index is 2.20. The fraction of sp³-hybridized carbons (Fsp3) is 0.154. The smallest absolute Gasteiger partial charge is 0.387 e. The minimum Gasteiger partial charge on any atom is -0.435 e. The lowest BCUT2D eigenvalue weighted by Crippen LogP contribution is -2.04. The molecule has 0 aliphatic heterocycles. The number of hydrogen-bond acceptors (Lipinski definition) is 3. The molecule has 1 N–H and O–H groups in total. The van der Waals surface area contributed by atoms with Gasteiger partial charge in [-0.15, -0.1) is 0 Å². The van der Waals surface area contributed by atoms with Crippen LogP contribution in [-0.2, 0) is 0 Å². The number of alkyl halides is 2. The Morgan fingerprint density at radius 2 is 1.79 bits per heavy atom. The number of aliphatic hydroxyl groups excluding tert-OH is 1. The van der Waals surface area contributed by atoms with E-state index in [-0.39, 0.29) is 11.3 Å². The molecule has 0 aliphatic rings. The van der Waals surface area contributed by atoms with E-state index in [1.54, 1.807) is 0 Å². The van der Waals surface area contributed by atoms with Crippen molar-refractivity contribution in [2.45, 2.75) is 12.7 Å². The van der Waals surface area contributed by atoms with Crippen LogP contribution < -0.4 is 4.74 Å². The zero-order chi connectivity index (χ0) is 13.8. The number of rotatable bonds is 4. The summed E-state index contributed by atoms with van der Waals surface area (Å²) in [6.45, 7) is -2.91. The molecule has 2 rings (SSSR count). The summed E-state index contributed by atoms with van der Waals surface area (Å²) in [5, 5.41) is 9.99. The van der Waals surface area contributed by atoms with Crippen molar-refractivity contribution in [2.75, 3.05) is 0 Å². The first-order valence-electron chi connectivity index (χ1n) is 5.40. The molecule has 0 saturated heterocycles. The molecule has 1 atom stereocenters. The van der Waals surface area contributed by atoms with Gasteiger partial charge in [-0.25, -0.2) is 4.39 Å². The highest BCUT2D eigenvalue weighted by molar-refractivity contribution is 5.33. The molecule has 0 aliphatic carbocycles. The van der Waals surface area contributed by atoms with Crippen LogP contribution in [0.2, 0.25) is 0 Å². The molecule has 2 aromatic rings. The van der Waals surface area contributed by atoms with Crippen LogP contribution in [0.4, 0.5) is 13.2 Å². The molecule has 100 valence electrons. The average Bonchev–Trinajstić information content (AvgIpc) is 2.39. The number of pyridine rings is 1. The van der Waals surface area contributed by atoms with Gasteiger partial charge in [0.1, 0.15) is 17.7 Å². The van der Waals surface area contributed by atoms with Gasteiger partial charge in [0.25, 0.3) is 0 Å². The Labute approximate surface area is 107 Å². The maximum absolute atomic E-state index is 13.4. The predicted octanol–water partition coefficient (Wildman–Crippen LogP) is 2.90. The normalized spacial score (nSPS) is 12.5. The molecule has 1 heterocycles. The number of aromatic nitrogens is 1. The predicted molar refractivity (Wildman–Crippen MR) is 61.3 cm³/mol. The van der Waals surface area contributed by atoms with Crippen LogP contribution in [0.15, 0.2) is 42.7 Å². The molecule has 0 saturated carbocycles. The lowest BCUT2D eigenvalue weighted by atomic mass is 10.0. The van der Waals surface area contributed by atoms with Crippen LogP contribution in [0.3, 0.4) is 0 Å². The third-order valence-electron chi connectivity index (χ3n) is 2.52. The molecule has 0 fully saturated rings. The molecule has 0 bridgehead atoms. The van der Waals surface area contributed by atoms with E-state index >= 15 is 0 Å². The molecule has 19 heavy (non-hydrogen) atoms. The number of benzene rings is 1. The van der Waals surface area contributed by atoms with E-state index in [0.717, 1.165) is 6.20 Å². The summed E-state index contributed by atoms with van der Waals surface area (Å²) in [6, 6.07) is 6.70. The Morgan fingerprint density at radius 3 is 2.37 bits per heavy atom. The van der Waals surface area contributed by atoms with Gasteiger partial charge < -0.3 is 9.84 Å². The minimum atomic E-state index is -2.91. The molecule has 0 spiro atoms. The van der Waals surface area contributed by atoms with Crippen molar-refractivity contribution in [2.24, 2.45) is 0 Å². The van der Waals surface area contributed by atoms with Crippen LogP contribution in [0.25, 0.3) is 0 Å². The van der Waals surface area contributed by atoms with Crippen LogP contribution in [0.1, 0.15) is 17.2 Å². The number of aliphatic hydroxyl groups is 1. The number of halogens is 3. The minimum absolute atomic E-state index is 0.0267. The van der Waals surface area contributed by atoms with E-state index in [1.807, 2.05) is 0 Å². The standard InChI is InChI=1S/C13H10F3NO2/c14-11-7-17-6-5-10(11)12(18)8-1-3-9(4-2-8)19-13(15)16/h1-7,12-13,18H. The Hall–Kier alpha value is -2.08. The van der Waals surface area contributed by atoms with Gasteiger partial charge in [0.15, 0.2) is 0 Å². The van der Waals surface area contributed by atoms with E-state index in [0.29, 0.717) is 5.56 Å². The zero-order valence-electron chi connectivity index (χ0n) is 9.63. The van der Waals surface area contributed by atoms with Gasteiger partial charge in [0.05, 0.1) is 6.20 Å². The number of nitrogens with zero attached hydrogens (tertiary/aromatic N) is 1. The summed E-state index contributed by atoms with van der Waals surface area (Å²) in [5.74, 6) is -0.663. The Bertz CT molecular complexity index is 546. The first kappa shape index (κ1) is 13.4. The summed E-state index contributed by atoms with van der Waals surface area (Å²) in [7, 11) is 0. The fourth-order valence-electron chi connectivity index (χ4n) is 1.62. The van der Waals surface area contributed by atoms with Crippen molar-refractivity contribution in [3.05, 3.63) is 59.7 Å². The summed E-state index contributed by atoms with van der Waals surface area (Å²) >= 11 is 0. The topological polar surface area (TPSA) is 42.4 Å². The molecular formula is C13H10F3NO2.